The molecule has 0 amide bonds. The molecule has 0 aromatic carbocycles. The zero-order valence-corrected chi connectivity index (χ0v) is 13.5. The van der Waals surface area contributed by atoms with Crippen molar-refractivity contribution in [3.8, 4) is 0 Å². The molecule has 4 aliphatic rings. The maximum Gasteiger partial charge on any atom is 0.0500 e. The Kier molecular flexibility index (Phi) is 3.15. The Morgan fingerprint density at radius 2 is 1.54 bits per heavy atom. The number of aromatic amines is 1. The summed E-state index contributed by atoms with van der Waals surface area (Å²) >= 11 is 0. The van der Waals surface area contributed by atoms with E-state index in [1.165, 1.54) is 17.1 Å². The summed E-state index contributed by atoms with van der Waals surface area (Å²) in [6, 6.07) is 4.60. The lowest BCUT2D eigenvalue weighted by atomic mass is 10.1. The molecule has 5 heterocycles. The number of hydrogen-bond acceptors (Lipinski definition) is 3. The molecule has 0 saturated carbocycles. The average molecular weight is 316 g/mol. The summed E-state index contributed by atoms with van der Waals surface area (Å²) in [6.45, 7) is 0. The molecule has 1 unspecified atom stereocenters. The van der Waals surface area contributed by atoms with Gasteiger partial charge in [-0.05, 0) is 68.5 Å². The van der Waals surface area contributed by atoms with Gasteiger partial charge in [-0.15, -0.1) is 0 Å². The minimum atomic E-state index is 0.358. The fraction of sp³-hybridized carbons (Fsp3) is 0.300. The number of fused-ring (bicyclic) bond motifs is 6. The van der Waals surface area contributed by atoms with Crippen LogP contribution in [0.2, 0.25) is 0 Å². The standard InChI is InChI=1S/C20H20N4/c1-2-14-10-16-5-6-18(23-16)12-20-8-7-19(24-20)11-17-4-3-15(22-17)9-13(1)21-14/h1-2,7,9-12,20-21,24H,3-6,8H2/b13-9-,14-10-,17-11-,18-12-. The summed E-state index contributed by atoms with van der Waals surface area (Å²) in [6.07, 6.45) is 16.2. The summed E-state index contributed by atoms with van der Waals surface area (Å²) in [5.41, 5.74) is 5.87. The van der Waals surface area contributed by atoms with Gasteiger partial charge in [-0.1, -0.05) is 6.08 Å². The number of hydrogen-bond donors (Lipinski definition) is 2. The Balaban J connectivity index is 1.62. The second kappa shape index (κ2) is 5.48. The molecule has 4 heteroatoms. The molecule has 4 aliphatic heterocycles. The normalized spacial score (nSPS) is 32.0. The molecular formula is C20H20N4. The van der Waals surface area contributed by atoms with Crippen LogP contribution in [0.1, 0.15) is 32.1 Å². The van der Waals surface area contributed by atoms with E-state index in [-0.39, 0.29) is 0 Å². The third-order valence-corrected chi connectivity index (χ3v) is 4.88. The molecule has 24 heavy (non-hydrogen) atoms. The number of nitrogens with one attached hydrogen (secondary N) is 2. The van der Waals surface area contributed by atoms with Crippen LogP contribution in [0.25, 0.3) is 12.2 Å². The largest absolute Gasteiger partial charge is 0.379 e. The van der Waals surface area contributed by atoms with Crippen LogP contribution in [-0.2, 0) is 0 Å². The number of H-pyrrole nitrogens is 1. The van der Waals surface area contributed by atoms with E-state index in [4.69, 9.17) is 9.98 Å². The van der Waals surface area contributed by atoms with E-state index < -0.39 is 0 Å². The third-order valence-electron chi connectivity index (χ3n) is 4.88. The van der Waals surface area contributed by atoms with Gasteiger partial charge in [0.1, 0.15) is 0 Å². The maximum atomic E-state index is 4.80. The summed E-state index contributed by atoms with van der Waals surface area (Å²) < 4.78 is 0. The van der Waals surface area contributed by atoms with Crippen molar-refractivity contribution in [2.45, 2.75) is 38.1 Å². The Bertz CT molecular complexity index is 966. The van der Waals surface area contributed by atoms with Crippen LogP contribution in [0, 0.1) is 0 Å². The van der Waals surface area contributed by atoms with Crippen LogP contribution in [0.3, 0.4) is 0 Å². The van der Waals surface area contributed by atoms with E-state index in [1.54, 1.807) is 0 Å². The van der Waals surface area contributed by atoms with Gasteiger partial charge in [-0.3, -0.25) is 9.98 Å². The van der Waals surface area contributed by atoms with Gasteiger partial charge in [0.15, 0.2) is 0 Å². The second-order valence-electron chi connectivity index (χ2n) is 6.80. The highest BCUT2D eigenvalue weighted by Gasteiger charge is 2.17. The van der Waals surface area contributed by atoms with Gasteiger partial charge in [-0.25, -0.2) is 0 Å². The first-order chi connectivity index (χ1) is 11.8. The highest BCUT2D eigenvalue weighted by Crippen LogP contribution is 2.24. The van der Waals surface area contributed by atoms with Gasteiger partial charge in [-0.2, -0.15) is 0 Å². The van der Waals surface area contributed by atoms with Gasteiger partial charge >= 0.3 is 0 Å². The molecule has 2 N–H and O–H groups in total. The van der Waals surface area contributed by atoms with Crippen molar-refractivity contribution in [1.29, 1.82) is 0 Å². The van der Waals surface area contributed by atoms with E-state index in [1.807, 2.05) is 0 Å². The lowest BCUT2D eigenvalue weighted by molar-refractivity contribution is 0.733. The van der Waals surface area contributed by atoms with Gasteiger partial charge in [0.2, 0.25) is 0 Å². The lowest BCUT2D eigenvalue weighted by Crippen LogP contribution is -2.19. The Hall–Kier alpha value is -2.62. The number of rotatable bonds is 0. The minimum absolute atomic E-state index is 0.358. The predicted molar refractivity (Wildman–Crippen MR) is 98.1 cm³/mol. The van der Waals surface area contributed by atoms with Gasteiger partial charge in [0.05, 0.1) is 0 Å². The summed E-state index contributed by atoms with van der Waals surface area (Å²) in [5.74, 6) is 0. The van der Waals surface area contributed by atoms with Crippen molar-refractivity contribution in [2.24, 2.45) is 9.98 Å². The molecule has 0 spiro atoms. The first-order valence-electron chi connectivity index (χ1n) is 8.72. The molecule has 120 valence electrons. The van der Waals surface area contributed by atoms with Crippen LogP contribution >= 0.6 is 0 Å². The van der Waals surface area contributed by atoms with Crippen LogP contribution in [0.4, 0.5) is 0 Å². The maximum absolute atomic E-state index is 4.80. The number of allylic oxidation sites excluding steroid dienone is 3. The topological polar surface area (TPSA) is 52.5 Å². The summed E-state index contributed by atoms with van der Waals surface area (Å²) in [7, 11) is 0. The van der Waals surface area contributed by atoms with E-state index in [0.717, 1.165) is 54.2 Å². The van der Waals surface area contributed by atoms with Crippen molar-refractivity contribution in [2.75, 3.05) is 0 Å². The highest BCUT2D eigenvalue weighted by atomic mass is 15.0. The zero-order chi connectivity index (χ0) is 15.9. The molecule has 5 rings (SSSR count). The zero-order valence-electron chi connectivity index (χ0n) is 13.5. The molecule has 4 nitrogen and oxygen atoms in total. The van der Waals surface area contributed by atoms with Crippen molar-refractivity contribution in [1.82, 2.24) is 10.3 Å². The lowest BCUT2D eigenvalue weighted by Gasteiger charge is -2.08. The fourth-order valence-corrected chi connectivity index (χ4v) is 3.70. The minimum Gasteiger partial charge on any atom is -0.379 e. The quantitative estimate of drug-likeness (QED) is 0.756. The monoisotopic (exact) mass is 316 g/mol. The summed E-state index contributed by atoms with van der Waals surface area (Å²) in [4.78, 5) is 13.0. The molecule has 1 aromatic rings. The van der Waals surface area contributed by atoms with Crippen molar-refractivity contribution < 1.29 is 0 Å². The van der Waals surface area contributed by atoms with Crippen LogP contribution in [0.15, 0.2) is 57.4 Å². The molecule has 1 atom stereocenters. The van der Waals surface area contributed by atoms with E-state index >= 15 is 0 Å². The molecule has 8 bridgehead atoms. The second-order valence-corrected chi connectivity index (χ2v) is 6.80. The predicted octanol–water partition coefficient (Wildman–Crippen LogP) is 2.07. The first kappa shape index (κ1) is 13.8. The molecular weight excluding hydrogens is 296 g/mol. The third kappa shape index (κ3) is 2.68. The highest BCUT2D eigenvalue weighted by molar-refractivity contribution is 6.12. The average Bonchev–Trinajstić information content (AvgIpc) is 3.32. The molecule has 0 fully saturated rings. The Morgan fingerprint density at radius 3 is 2.33 bits per heavy atom. The van der Waals surface area contributed by atoms with Crippen LogP contribution in [-0.4, -0.2) is 22.4 Å². The van der Waals surface area contributed by atoms with Crippen molar-refractivity contribution in [3.05, 3.63) is 58.2 Å². The Morgan fingerprint density at radius 1 is 0.833 bits per heavy atom. The van der Waals surface area contributed by atoms with E-state index in [9.17, 15) is 0 Å². The van der Waals surface area contributed by atoms with Gasteiger partial charge in [0, 0.05) is 45.3 Å². The first-order valence-corrected chi connectivity index (χ1v) is 8.72. The Labute approximate surface area is 140 Å². The van der Waals surface area contributed by atoms with Crippen LogP contribution < -0.4 is 16.0 Å². The number of aliphatic imine (C=N–C) groups is 2. The number of aromatic nitrogens is 1. The van der Waals surface area contributed by atoms with Gasteiger partial charge < -0.3 is 10.3 Å². The SMILES string of the molecule is C1=C2/C=C3/CCC(=N3)/C=c3/cc/c([nH]3)=C/C3=NC(=C\C(C1)N2)/CC3. The molecule has 1 aromatic heterocycles. The van der Waals surface area contributed by atoms with Crippen molar-refractivity contribution in [3.63, 3.8) is 0 Å². The smallest absolute Gasteiger partial charge is 0.0500 e. The fourth-order valence-electron chi connectivity index (χ4n) is 3.70. The number of nitrogens with zero attached hydrogens (tertiary/aromatic N) is 2. The molecule has 0 saturated heterocycles. The van der Waals surface area contributed by atoms with Crippen LogP contribution in [0.5, 0.6) is 0 Å². The van der Waals surface area contributed by atoms with Crippen molar-refractivity contribution >= 4 is 23.6 Å². The van der Waals surface area contributed by atoms with Gasteiger partial charge in [0.25, 0.3) is 0 Å². The van der Waals surface area contributed by atoms with E-state index in [0.29, 0.717) is 6.04 Å². The van der Waals surface area contributed by atoms with E-state index in [2.05, 4.69) is 52.8 Å². The molecule has 0 radical (unpaired) electrons. The molecule has 0 aliphatic carbocycles. The summed E-state index contributed by atoms with van der Waals surface area (Å²) in [5, 5.41) is 5.81.